The molecule has 0 aromatic carbocycles. The van der Waals surface area contributed by atoms with Crippen LogP contribution in [-0.4, -0.2) is 23.0 Å². The molecule has 0 radical (unpaired) electrons. The third-order valence-corrected chi connectivity index (χ3v) is 2.96. The second-order valence-corrected chi connectivity index (χ2v) is 4.41. The van der Waals surface area contributed by atoms with E-state index in [0.717, 1.165) is 11.5 Å². The molecular weight excluding hydrogens is 269 g/mol. The fourth-order valence-electron chi connectivity index (χ4n) is 1.31. The van der Waals surface area contributed by atoms with Crippen LogP contribution >= 0.6 is 11.5 Å². The Labute approximate surface area is 106 Å². The summed E-state index contributed by atoms with van der Waals surface area (Å²) in [6.07, 6.45) is -4.60. The molecule has 0 aliphatic rings. The second-order valence-electron chi connectivity index (χ2n) is 3.64. The van der Waals surface area contributed by atoms with Crippen molar-refractivity contribution in [2.45, 2.75) is 25.4 Å². The van der Waals surface area contributed by atoms with Gasteiger partial charge in [0, 0.05) is 13.0 Å². The number of primary amides is 1. The SMILES string of the molecule is NC(=O)c1c(N)nsc1NCCCCC(F)(F)F. The fourth-order valence-corrected chi connectivity index (χ4v) is 2.06. The predicted octanol–water partition coefficient (Wildman–Crippen LogP) is 1.97. The van der Waals surface area contributed by atoms with Crippen molar-refractivity contribution in [3.63, 3.8) is 0 Å². The number of nitrogen functional groups attached to an aromatic ring is 1. The van der Waals surface area contributed by atoms with E-state index in [1.165, 1.54) is 0 Å². The molecular formula is C9H13F3N4OS. The first-order valence-electron chi connectivity index (χ1n) is 5.17. The van der Waals surface area contributed by atoms with Crippen molar-refractivity contribution in [1.29, 1.82) is 0 Å². The zero-order valence-corrected chi connectivity index (χ0v) is 10.2. The van der Waals surface area contributed by atoms with E-state index in [-0.39, 0.29) is 17.8 Å². The Kier molecular flexibility index (Phi) is 4.76. The maximum atomic E-state index is 11.9. The average molecular weight is 282 g/mol. The number of carbonyl (C=O) groups excluding carboxylic acids is 1. The monoisotopic (exact) mass is 282 g/mol. The van der Waals surface area contributed by atoms with E-state index in [4.69, 9.17) is 11.5 Å². The Morgan fingerprint density at radius 2 is 2.06 bits per heavy atom. The molecule has 0 aliphatic heterocycles. The molecule has 1 heterocycles. The van der Waals surface area contributed by atoms with Gasteiger partial charge in [0.2, 0.25) is 0 Å². The Morgan fingerprint density at radius 1 is 1.39 bits per heavy atom. The highest BCUT2D eigenvalue weighted by Crippen LogP contribution is 2.26. The summed E-state index contributed by atoms with van der Waals surface area (Å²) in [5, 5.41) is 3.20. The number of anilines is 2. The van der Waals surface area contributed by atoms with Gasteiger partial charge in [-0.25, -0.2) is 0 Å². The van der Waals surface area contributed by atoms with Gasteiger partial charge in [-0.3, -0.25) is 4.79 Å². The molecule has 0 spiro atoms. The van der Waals surface area contributed by atoms with E-state index in [2.05, 4.69) is 9.69 Å². The maximum Gasteiger partial charge on any atom is 0.389 e. The maximum absolute atomic E-state index is 11.9. The van der Waals surface area contributed by atoms with Gasteiger partial charge in [0.05, 0.1) is 0 Å². The summed E-state index contributed by atoms with van der Waals surface area (Å²) < 4.78 is 39.4. The van der Waals surface area contributed by atoms with Gasteiger partial charge in [0.15, 0.2) is 5.82 Å². The van der Waals surface area contributed by atoms with Crippen LogP contribution in [0, 0.1) is 0 Å². The number of unbranched alkanes of at least 4 members (excludes halogenated alkanes) is 1. The van der Waals surface area contributed by atoms with Crippen molar-refractivity contribution in [2.75, 3.05) is 17.6 Å². The van der Waals surface area contributed by atoms with E-state index in [0.29, 0.717) is 18.0 Å². The molecule has 0 aliphatic carbocycles. The highest BCUT2D eigenvalue weighted by atomic mass is 32.1. The third-order valence-electron chi connectivity index (χ3n) is 2.14. The number of aromatic nitrogens is 1. The van der Waals surface area contributed by atoms with Crippen LogP contribution in [0.25, 0.3) is 0 Å². The van der Waals surface area contributed by atoms with Crippen LogP contribution in [0.4, 0.5) is 24.0 Å². The highest BCUT2D eigenvalue weighted by molar-refractivity contribution is 7.11. The minimum absolute atomic E-state index is 0.0245. The number of amides is 1. The van der Waals surface area contributed by atoms with Crippen LogP contribution in [0.3, 0.4) is 0 Å². The molecule has 0 bridgehead atoms. The summed E-state index contributed by atoms with van der Waals surface area (Å²) in [5.74, 6) is -0.677. The lowest BCUT2D eigenvalue weighted by Crippen LogP contribution is -2.15. The van der Waals surface area contributed by atoms with Crippen LogP contribution in [0.1, 0.15) is 29.6 Å². The first kappa shape index (κ1) is 14.6. The summed E-state index contributed by atoms with van der Waals surface area (Å²) in [4.78, 5) is 11.0. The Balaban J connectivity index is 2.38. The van der Waals surface area contributed by atoms with E-state index in [9.17, 15) is 18.0 Å². The van der Waals surface area contributed by atoms with Crippen molar-refractivity contribution in [3.8, 4) is 0 Å². The average Bonchev–Trinajstić information content (AvgIpc) is 2.57. The van der Waals surface area contributed by atoms with Crippen molar-refractivity contribution < 1.29 is 18.0 Å². The van der Waals surface area contributed by atoms with E-state index >= 15 is 0 Å². The van der Waals surface area contributed by atoms with Crippen LogP contribution < -0.4 is 16.8 Å². The smallest absolute Gasteiger partial charge is 0.382 e. The first-order valence-corrected chi connectivity index (χ1v) is 5.94. The summed E-state index contributed by atoms with van der Waals surface area (Å²) in [5.41, 5.74) is 10.6. The molecule has 9 heteroatoms. The Hall–Kier alpha value is -1.51. The lowest BCUT2D eigenvalue weighted by atomic mass is 10.2. The van der Waals surface area contributed by atoms with Gasteiger partial charge in [-0.1, -0.05) is 0 Å². The predicted molar refractivity (Wildman–Crippen MR) is 63.4 cm³/mol. The van der Waals surface area contributed by atoms with Gasteiger partial charge in [-0.05, 0) is 24.4 Å². The minimum Gasteiger partial charge on any atom is -0.382 e. The van der Waals surface area contributed by atoms with Gasteiger partial charge in [0.25, 0.3) is 5.91 Å². The molecule has 0 unspecified atom stereocenters. The van der Waals surface area contributed by atoms with Gasteiger partial charge < -0.3 is 16.8 Å². The third kappa shape index (κ3) is 4.40. The summed E-state index contributed by atoms with van der Waals surface area (Å²) in [7, 11) is 0. The van der Waals surface area contributed by atoms with Gasteiger partial charge >= 0.3 is 6.18 Å². The number of hydrogen-bond acceptors (Lipinski definition) is 5. The quantitative estimate of drug-likeness (QED) is 0.695. The summed E-state index contributed by atoms with van der Waals surface area (Å²) >= 11 is 0.959. The molecule has 0 fully saturated rings. The number of nitrogens with one attached hydrogen (secondary N) is 1. The number of alkyl halides is 3. The number of nitrogens with two attached hydrogens (primary N) is 2. The van der Waals surface area contributed by atoms with Gasteiger partial charge in [-0.2, -0.15) is 17.5 Å². The lowest BCUT2D eigenvalue weighted by molar-refractivity contribution is -0.135. The van der Waals surface area contributed by atoms with Crippen molar-refractivity contribution >= 4 is 28.3 Å². The standard InChI is InChI=1S/C9H13F3N4OS/c10-9(11,12)3-1-2-4-15-8-5(7(14)17)6(13)16-18-8/h15H,1-4H2,(H2,13,16)(H2,14,17). The molecule has 1 aromatic heterocycles. The lowest BCUT2D eigenvalue weighted by Gasteiger charge is -2.07. The molecule has 1 aromatic rings. The van der Waals surface area contributed by atoms with E-state index in [1.54, 1.807) is 0 Å². The van der Waals surface area contributed by atoms with Crippen LogP contribution in [0.15, 0.2) is 0 Å². The van der Waals surface area contributed by atoms with E-state index < -0.39 is 18.5 Å². The molecule has 18 heavy (non-hydrogen) atoms. The van der Waals surface area contributed by atoms with E-state index in [1.807, 2.05) is 0 Å². The zero-order chi connectivity index (χ0) is 13.8. The van der Waals surface area contributed by atoms with Crippen LogP contribution in [0.5, 0.6) is 0 Å². The molecule has 1 amide bonds. The fraction of sp³-hybridized carbons (Fsp3) is 0.556. The van der Waals surface area contributed by atoms with Crippen molar-refractivity contribution in [1.82, 2.24) is 4.37 Å². The highest BCUT2D eigenvalue weighted by Gasteiger charge is 2.25. The number of hydrogen-bond donors (Lipinski definition) is 3. The topological polar surface area (TPSA) is 94.0 Å². The number of carbonyl (C=O) groups is 1. The first-order chi connectivity index (χ1) is 8.31. The zero-order valence-electron chi connectivity index (χ0n) is 9.38. The summed E-state index contributed by atoms with van der Waals surface area (Å²) in [6.45, 7) is 0.304. The largest absolute Gasteiger partial charge is 0.389 e. The number of rotatable bonds is 6. The van der Waals surface area contributed by atoms with Gasteiger partial charge in [-0.15, -0.1) is 0 Å². The second kappa shape index (κ2) is 5.89. The van der Waals surface area contributed by atoms with Crippen molar-refractivity contribution in [3.05, 3.63) is 5.56 Å². The molecule has 5 N–H and O–H groups in total. The molecule has 0 atom stereocenters. The molecule has 5 nitrogen and oxygen atoms in total. The molecule has 102 valence electrons. The Bertz CT molecular complexity index is 418. The van der Waals surface area contributed by atoms with Crippen LogP contribution in [0.2, 0.25) is 0 Å². The molecule has 1 rings (SSSR count). The number of halogens is 3. The molecule has 0 saturated carbocycles. The van der Waals surface area contributed by atoms with Gasteiger partial charge in [0.1, 0.15) is 10.6 Å². The van der Waals surface area contributed by atoms with Crippen molar-refractivity contribution in [2.24, 2.45) is 5.73 Å². The Morgan fingerprint density at radius 3 is 2.61 bits per heavy atom. The molecule has 0 saturated heterocycles. The number of nitrogens with zero attached hydrogens (tertiary/aromatic N) is 1. The van der Waals surface area contributed by atoms with Crippen LogP contribution in [-0.2, 0) is 0 Å². The summed E-state index contributed by atoms with van der Waals surface area (Å²) in [6, 6.07) is 0. The minimum atomic E-state index is -4.13. The normalized spacial score (nSPS) is 11.5.